The average molecular weight is 416 g/mol. The summed E-state index contributed by atoms with van der Waals surface area (Å²) >= 11 is 0. The monoisotopic (exact) mass is 416 g/mol. The second kappa shape index (κ2) is 11.4. The van der Waals surface area contributed by atoms with E-state index in [0.29, 0.717) is 0 Å². The fourth-order valence-electron chi connectivity index (χ4n) is 2.83. The van der Waals surface area contributed by atoms with Crippen LogP contribution in [0.15, 0.2) is 54.6 Å². The van der Waals surface area contributed by atoms with E-state index in [2.05, 4.69) is 10.6 Å². The van der Waals surface area contributed by atoms with Gasteiger partial charge < -0.3 is 25.6 Å². The zero-order chi connectivity index (χ0) is 21.9. The number of carboxylic acids is 2. The van der Waals surface area contributed by atoms with E-state index in [4.69, 9.17) is 14.9 Å². The van der Waals surface area contributed by atoms with Gasteiger partial charge in [-0.05, 0) is 12.0 Å². The number of allylic oxidation sites excluding steroid dienone is 3. The molecule has 1 aromatic carbocycles. The van der Waals surface area contributed by atoms with Gasteiger partial charge in [0.1, 0.15) is 12.1 Å². The number of benzene rings is 1. The maximum absolute atomic E-state index is 12.6. The first-order chi connectivity index (χ1) is 14.3. The minimum atomic E-state index is -1.62. The first-order valence-electron chi connectivity index (χ1n) is 9.40. The predicted octanol–water partition coefficient (Wildman–Crippen LogP) is 1.50. The molecule has 2 rings (SSSR count). The summed E-state index contributed by atoms with van der Waals surface area (Å²) in [6.07, 6.45) is 6.81. The molecule has 30 heavy (non-hydrogen) atoms. The van der Waals surface area contributed by atoms with E-state index >= 15 is 0 Å². The van der Waals surface area contributed by atoms with Crippen LogP contribution in [0.25, 0.3) is 0 Å². The van der Waals surface area contributed by atoms with Crippen LogP contribution in [0, 0.1) is 5.92 Å². The standard InChI is InChI=1S/C21H24N2O7/c24-18(25)12-17(20(27)28)22-19(26)16(11-14-7-3-1-4-8-14)23-21(29)30-13-15-9-5-2-6-10-15/h1-9,15-17H,10-13H2,(H,22,26)(H,23,29)(H,24,25)(H,27,28)/t15?,16-,17-/m0/s1. The number of hydrogen-bond donors (Lipinski definition) is 4. The molecule has 0 heterocycles. The van der Waals surface area contributed by atoms with Crippen molar-refractivity contribution in [3.63, 3.8) is 0 Å². The fraction of sp³-hybridized carbons (Fsp3) is 0.333. The zero-order valence-electron chi connectivity index (χ0n) is 16.2. The van der Waals surface area contributed by atoms with Crippen LogP contribution in [-0.4, -0.2) is 52.8 Å². The molecule has 0 bridgehead atoms. The highest BCUT2D eigenvalue weighted by Gasteiger charge is 2.28. The molecule has 9 heteroatoms. The van der Waals surface area contributed by atoms with E-state index in [1.165, 1.54) is 0 Å². The van der Waals surface area contributed by atoms with E-state index in [9.17, 15) is 19.2 Å². The highest BCUT2D eigenvalue weighted by molar-refractivity contribution is 5.91. The Morgan fingerprint density at radius 2 is 1.77 bits per heavy atom. The maximum Gasteiger partial charge on any atom is 0.407 e. The summed E-state index contributed by atoms with van der Waals surface area (Å²) < 4.78 is 5.19. The van der Waals surface area contributed by atoms with E-state index in [-0.39, 0.29) is 18.9 Å². The maximum atomic E-state index is 12.6. The first kappa shape index (κ1) is 22.7. The van der Waals surface area contributed by atoms with Gasteiger partial charge in [-0.3, -0.25) is 9.59 Å². The minimum Gasteiger partial charge on any atom is -0.481 e. The summed E-state index contributed by atoms with van der Waals surface area (Å²) in [5.74, 6) is -3.63. The Kier molecular flexibility index (Phi) is 8.61. The minimum absolute atomic E-state index is 0.0362. The van der Waals surface area contributed by atoms with Crippen LogP contribution < -0.4 is 10.6 Å². The van der Waals surface area contributed by atoms with Crippen molar-refractivity contribution in [3.05, 3.63) is 60.2 Å². The lowest BCUT2D eigenvalue weighted by molar-refractivity contribution is -0.147. The van der Waals surface area contributed by atoms with Gasteiger partial charge in [0, 0.05) is 12.3 Å². The molecule has 1 unspecified atom stereocenters. The molecule has 9 nitrogen and oxygen atoms in total. The molecule has 2 amide bonds. The molecule has 1 aliphatic rings. The zero-order valence-corrected chi connectivity index (χ0v) is 16.2. The smallest absolute Gasteiger partial charge is 0.407 e. The van der Waals surface area contributed by atoms with Gasteiger partial charge in [0.25, 0.3) is 0 Å². The van der Waals surface area contributed by atoms with Crippen molar-refractivity contribution in [2.24, 2.45) is 5.92 Å². The lowest BCUT2D eigenvalue weighted by Gasteiger charge is -2.21. The molecule has 0 saturated carbocycles. The Morgan fingerprint density at radius 3 is 2.37 bits per heavy atom. The van der Waals surface area contributed by atoms with Gasteiger partial charge in [0.15, 0.2) is 0 Å². The summed E-state index contributed by atoms with van der Waals surface area (Å²) in [6.45, 7) is 0.128. The van der Waals surface area contributed by atoms with E-state index in [1.807, 2.05) is 24.3 Å². The van der Waals surface area contributed by atoms with Gasteiger partial charge in [-0.15, -0.1) is 0 Å². The molecule has 0 radical (unpaired) electrons. The average Bonchev–Trinajstić information content (AvgIpc) is 2.72. The number of ether oxygens (including phenoxy) is 1. The van der Waals surface area contributed by atoms with Gasteiger partial charge in [0.2, 0.25) is 5.91 Å². The normalized spacial score (nSPS) is 16.9. The molecular weight excluding hydrogens is 392 g/mol. The Labute approximate surface area is 173 Å². The summed E-state index contributed by atoms with van der Waals surface area (Å²) in [7, 11) is 0. The number of carbonyl (C=O) groups excluding carboxylic acids is 2. The molecule has 0 fully saturated rings. The van der Waals surface area contributed by atoms with Crippen LogP contribution in [0.1, 0.15) is 18.4 Å². The van der Waals surface area contributed by atoms with Gasteiger partial charge in [-0.1, -0.05) is 54.6 Å². The number of aliphatic carboxylic acids is 2. The van der Waals surface area contributed by atoms with Crippen molar-refractivity contribution in [2.45, 2.75) is 31.3 Å². The van der Waals surface area contributed by atoms with Crippen molar-refractivity contribution < 1.29 is 34.1 Å². The van der Waals surface area contributed by atoms with Crippen molar-refractivity contribution in [1.29, 1.82) is 0 Å². The van der Waals surface area contributed by atoms with E-state index in [1.54, 1.807) is 30.3 Å². The highest BCUT2D eigenvalue weighted by atomic mass is 16.5. The lowest BCUT2D eigenvalue weighted by atomic mass is 10.0. The van der Waals surface area contributed by atoms with Gasteiger partial charge in [-0.25, -0.2) is 9.59 Å². The molecule has 1 aromatic rings. The number of amides is 2. The third-order valence-electron chi connectivity index (χ3n) is 4.38. The van der Waals surface area contributed by atoms with Gasteiger partial charge in [-0.2, -0.15) is 0 Å². The largest absolute Gasteiger partial charge is 0.481 e. The van der Waals surface area contributed by atoms with Crippen LogP contribution >= 0.6 is 0 Å². The van der Waals surface area contributed by atoms with Crippen molar-refractivity contribution in [2.75, 3.05) is 6.61 Å². The second-order valence-electron chi connectivity index (χ2n) is 6.79. The molecule has 4 N–H and O–H groups in total. The Bertz CT molecular complexity index is 820. The van der Waals surface area contributed by atoms with Gasteiger partial charge in [0.05, 0.1) is 13.0 Å². The molecular formula is C21H24N2O7. The Balaban J connectivity index is 2.03. The molecule has 0 saturated heterocycles. The fourth-order valence-corrected chi connectivity index (χ4v) is 2.83. The SMILES string of the molecule is O=C(O)C[C@H](NC(=O)[C@H](Cc1ccccc1)NC(=O)OCC1C=CC=CC1)C(=O)O. The molecule has 0 spiro atoms. The van der Waals surface area contributed by atoms with Crippen molar-refractivity contribution in [3.8, 4) is 0 Å². The van der Waals surface area contributed by atoms with Crippen molar-refractivity contribution in [1.82, 2.24) is 10.6 Å². The summed E-state index contributed by atoms with van der Waals surface area (Å²) in [4.78, 5) is 47.0. The summed E-state index contributed by atoms with van der Waals surface area (Å²) in [5, 5.41) is 22.6. The van der Waals surface area contributed by atoms with Crippen LogP contribution in [0.4, 0.5) is 4.79 Å². The number of hydrogen-bond acceptors (Lipinski definition) is 5. The number of nitrogens with one attached hydrogen (secondary N) is 2. The Hall–Kier alpha value is -3.62. The third kappa shape index (κ3) is 7.78. The summed E-state index contributed by atoms with van der Waals surface area (Å²) in [5.41, 5.74) is 0.725. The lowest BCUT2D eigenvalue weighted by Crippen LogP contribution is -2.53. The van der Waals surface area contributed by atoms with E-state index < -0.39 is 42.4 Å². The molecule has 0 aromatic heterocycles. The summed E-state index contributed by atoms with van der Waals surface area (Å²) in [6, 6.07) is 6.05. The van der Waals surface area contributed by atoms with Crippen LogP contribution in [0.3, 0.4) is 0 Å². The molecule has 3 atom stereocenters. The number of carboxylic acid groups (broad SMARTS) is 2. The third-order valence-corrected chi connectivity index (χ3v) is 4.38. The van der Waals surface area contributed by atoms with Gasteiger partial charge >= 0.3 is 18.0 Å². The van der Waals surface area contributed by atoms with Crippen molar-refractivity contribution >= 4 is 23.9 Å². The second-order valence-corrected chi connectivity index (χ2v) is 6.79. The van der Waals surface area contributed by atoms with Crippen LogP contribution in [0.2, 0.25) is 0 Å². The predicted molar refractivity (Wildman–Crippen MR) is 107 cm³/mol. The Morgan fingerprint density at radius 1 is 1.03 bits per heavy atom. The van der Waals surface area contributed by atoms with Crippen LogP contribution in [-0.2, 0) is 25.5 Å². The highest BCUT2D eigenvalue weighted by Crippen LogP contribution is 2.12. The number of rotatable bonds is 10. The van der Waals surface area contributed by atoms with E-state index in [0.717, 1.165) is 12.0 Å². The topological polar surface area (TPSA) is 142 Å². The molecule has 0 aliphatic heterocycles. The quantitative estimate of drug-likeness (QED) is 0.453. The van der Waals surface area contributed by atoms with Crippen LogP contribution in [0.5, 0.6) is 0 Å². The molecule has 160 valence electrons. The number of alkyl carbamates (subject to hydrolysis) is 1. The first-order valence-corrected chi connectivity index (χ1v) is 9.40. The molecule has 1 aliphatic carbocycles. The number of carbonyl (C=O) groups is 4.